The van der Waals surface area contributed by atoms with E-state index in [2.05, 4.69) is 9.69 Å². The lowest BCUT2D eigenvalue weighted by molar-refractivity contribution is -0.123. The summed E-state index contributed by atoms with van der Waals surface area (Å²) in [5.74, 6) is -2.47. The second-order valence-electron chi connectivity index (χ2n) is 8.67. The standard InChI is InChI=1S/C26H28FN5O4S/c1-2-15-5-11-18(12-6-15)32(26(35)23-20(28)21(24(29)33)31-37-23)22(16-7-9-17(27)10-8-16)25(34)30-14-19-4-3-13-36-19/h5-12,19,22H,2-4,13-14,28H2,1H3,(H2,29,33)(H,30,34). The normalized spacial score (nSPS) is 15.8. The quantitative estimate of drug-likeness (QED) is 0.392. The van der Waals surface area contributed by atoms with Crippen LogP contribution in [-0.2, 0) is 16.0 Å². The first-order valence-electron chi connectivity index (χ1n) is 11.9. The van der Waals surface area contributed by atoms with Gasteiger partial charge < -0.3 is 21.5 Å². The summed E-state index contributed by atoms with van der Waals surface area (Å²) in [6.07, 6.45) is 2.38. The molecule has 0 spiro atoms. The summed E-state index contributed by atoms with van der Waals surface area (Å²) in [5, 5.41) is 2.89. The summed E-state index contributed by atoms with van der Waals surface area (Å²) in [5.41, 5.74) is 12.9. The van der Waals surface area contributed by atoms with Gasteiger partial charge in [-0.1, -0.05) is 31.2 Å². The Bertz CT molecular complexity index is 1270. The number of anilines is 2. The third-order valence-corrected chi connectivity index (χ3v) is 7.07. The summed E-state index contributed by atoms with van der Waals surface area (Å²) in [6.45, 7) is 2.90. The van der Waals surface area contributed by atoms with Crippen LogP contribution < -0.4 is 21.7 Å². The predicted molar refractivity (Wildman–Crippen MR) is 139 cm³/mol. The minimum atomic E-state index is -1.18. The zero-order valence-corrected chi connectivity index (χ0v) is 21.1. The molecule has 2 unspecified atom stereocenters. The Morgan fingerprint density at radius 3 is 2.46 bits per heavy atom. The number of primary amides is 1. The van der Waals surface area contributed by atoms with Gasteiger partial charge in [-0.25, -0.2) is 4.39 Å². The molecule has 11 heteroatoms. The number of nitrogens with zero attached hydrogens (tertiary/aromatic N) is 2. The highest BCUT2D eigenvalue weighted by molar-refractivity contribution is 7.09. The van der Waals surface area contributed by atoms with Crippen LogP contribution >= 0.6 is 11.5 Å². The Balaban J connectivity index is 1.80. The number of carbonyl (C=O) groups is 3. The van der Waals surface area contributed by atoms with E-state index in [-0.39, 0.29) is 28.9 Å². The van der Waals surface area contributed by atoms with E-state index in [0.29, 0.717) is 17.9 Å². The van der Waals surface area contributed by atoms with Gasteiger partial charge >= 0.3 is 0 Å². The lowest BCUT2D eigenvalue weighted by Crippen LogP contribution is -2.45. The molecule has 3 aromatic rings. The van der Waals surface area contributed by atoms with Gasteiger partial charge in [0, 0.05) is 18.8 Å². The lowest BCUT2D eigenvalue weighted by Gasteiger charge is -2.31. The van der Waals surface area contributed by atoms with Gasteiger partial charge in [0.25, 0.3) is 11.8 Å². The summed E-state index contributed by atoms with van der Waals surface area (Å²) in [7, 11) is 0. The molecule has 0 aliphatic carbocycles. The fourth-order valence-electron chi connectivity index (χ4n) is 4.19. The molecule has 2 atom stereocenters. The van der Waals surface area contributed by atoms with E-state index >= 15 is 0 Å². The van der Waals surface area contributed by atoms with E-state index in [9.17, 15) is 18.8 Å². The van der Waals surface area contributed by atoms with Crippen molar-refractivity contribution in [3.63, 3.8) is 0 Å². The smallest absolute Gasteiger partial charge is 0.273 e. The highest BCUT2D eigenvalue weighted by atomic mass is 32.1. The van der Waals surface area contributed by atoms with Gasteiger partial charge in [0.1, 0.15) is 16.7 Å². The molecule has 37 heavy (non-hydrogen) atoms. The van der Waals surface area contributed by atoms with Crippen LogP contribution in [0.1, 0.15) is 57.1 Å². The summed E-state index contributed by atoms with van der Waals surface area (Å²) >= 11 is 0.725. The van der Waals surface area contributed by atoms with Crippen molar-refractivity contribution in [2.24, 2.45) is 5.73 Å². The van der Waals surface area contributed by atoms with E-state index in [1.807, 2.05) is 19.1 Å². The average Bonchev–Trinajstić information content (AvgIpc) is 3.56. The average molecular weight is 526 g/mol. The number of rotatable bonds is 9. The Labute approximate surface area is 217 Å². The van der Waals surface area contributed by atoms with Crippen LogP contribution in [0.3, 0.4) is 0 Å². The molecule has 3 amide bonds. The molecular weight excluding hydrogens is 497 g/mol. The van der Waals surface area contributed by atoms with Crippen molar-refractivity contribution >= 4 is 40.6 Å². The van der Waals surface area contributed by atoms with E-state index in [1.54, 1.807) is 12.1 Å². The Hall–Kier alpha value is -3.83. The molecule has 1 fully saturated rings. The molecule has 2 aromatic carbocycles. The van der Waals surface area contributed by atoms with Crippen LogP contribution in [0.2, 0.25) is 0 Å². The fourth-order valence-corrected chi connectivity index (χ4v) is 4.94. The number of aryl methyl sites for hydroxylation is 1. The number of benzene rings is 2. The number of nitrogen functional groups attached to an aromatic ring is 1. The first kappa shape index (κ1) is 26.2. The highest BCUT2D eigenvalue weighted by Crippen LogP contribution is 2.33. The Morgan fingerprint density at radius 1 is 1.19 bits per heavy atom. The first-order valence-corrected chi connectivity index (χ1v) is 12.7. The second-order valence-corrected chi connectivity index (χ2v) is 9.44. The molecular formula is C26H28FN5O4S. The van der Waals surface area contributed by atoms with Crippen molar-refractivity contribution in [3.05, 3.63) is 76.0 Å². The molecule has 4 rings (SSSR count). The van der Waals surface area contributed by atoms with Gasteiger partial charge in [0.05, 0.1) is 11.8 Å². The number of halogens is 1. The molecule has 1 aliphatic heterocycles. The maximum absolute atomic E-state index is 14.0. The Morgan fingerprint density at radius 2 is 1.89 bits per heavy atom. The molecule has 2 heterocycles. The molecule has 5 N–H and O–H groups in total. The minimum absolute atomic E-state index is 0.0348. The van der Waals surface area contributed by atoms with Crippen LogP contribution in [0.25, 0.3) is 0 Å². The van der Waals surface area contributed by atoms with Crippen LogP contribution in [0.5, 0.6) is 0 Å². The van der Waals surface area contributed by atoms with E-state index in [0.717, 1.165) is 36.4 Å². The van der Waals surface area contributed by atoms with Gasteiger partial charge in [-0.3, -0.25) is 19.3 Å². The molecule has 1 aliphatic rings. The van der Waals surface area contributed by atoms with Gasteiger partial charge in [0.15, 0.2) is 5.69 Å². The monoisotopic (exact) mass is 525 g/mol. The zero-order valence-electron chi connectivity index (χ0n) is 20.3. The molecule has 0 bridgehead atoms. The lowest BCUT2D eigenvalue weighted by atomic mass is 10.0. The van der Waals surface area contributed by atoms with Crippen LogP contribution in [0.4, 0.5) is 15.8 Å². The Kier molecular flexibility index (Phi) is 8.14. The van der Waals surface area contributed by atoms with Crippen molar-refractivity contribution in [1.82, 2.24) is 9.69 Å². The largest absolute Gasteiger partial charge is 0.395 e. The van der Waals surface area contributed by atoms with Gasteiger partial charge in [-0.05, 0) is 66.2 Å². The maximum atomic E-state index is 14.0. The van der Waals surface area contributed by atoms with Crippen molar-refractivity contribution in [2.45, 2.75) is 38.3 Å². The zero-order chi connectivity index (χ0) is 26.5. The number of nitrogens with one attached hydrogen (secondary N) is 1. The van der Waals surface area contributed by atoms with E-state index in [1.165, 1.54) is 29.2 Å². The minimum Gasteiger partial charge on any atom is -0.395 e. The molecule has 9 nitrogen and oxygen atoms in total. The SMILES string of the molecule is CCc1ccc(N(C(=O)c2snc(C(N)=O)c2N)C(C(=O)NCC2CCCO2)c2ccc(F)cc2)cc1. The summed E-state index contributed by atoms with van der Waals surface area (Å²) in [4.78, 5) is 40.6. The van der Waals surface area contributed by atoms with Gasteiger partial charge in [-0.2, -0.15) is 4.37 Å². The van der Waals surface area contributed by atoms with Crippen LogP contribution in [-0.4, -0.2) is 41.4 Å². The number of ether oxygens (including phenoxy) is 1. The van der Waals surface area contributed by atoms with Crippen molar-refractivity contribution in [3.8, 4) is 0 Å². The van der Waals surface area contributed by atoms with E-state index < -0.39 is 29.6 Å². The first-order chi connectivity index (χ1) is 17.8. The molecule has 0 saturated carbocycles. The van der Waals surface area contributed by atoms with E-state index in [4.69, 9.17) is 16.2 Å². The number of carbonyl (C=O) groups excluding carboxylic acids is 3. The van der Waals surface area contributed by atoms with Crippen molar-refractivity contribution in [2.75, 3.05) is 23.8 Å². The maximum Gasteiger partial charge on any atom is 0.273 e. The highest BCUT2D eigenvalue weighted by Gasteiger charge is 2.36. The second kappa shape index (κ2) is 11.5. The van der Waals surface area contributed by atoms with Crippen LogP contribution in [0, 0.1) is 5.82 Å². The fraction of sp³-hybridized carbons (Fsp3) is 0.308. The van der Waals surface area contributed by atoms with Crippen molar-refractivity contribution < 1.29 is 23.5 Å². The van der Waals surface area contributed by atoms with Crippen molar-refractivity contribution in [1.29, 1.82) is 0 Å². The van der Waals surface area contributed by atoms with Gasteiger partial charge in [0.2, 0.25) is 5.91 Å². The third-order valence-electron chi connectivity index (χ3n) is 6.22. The number of hydrogen-bond acceptors (Lipinski definition) is 7. The molecule has 194 valence electrons. The van der Waals surface area contributed by atoms with Crippen LogP contribution in [0.15, 0.2) is 48.5 Å². The van der Waals surface area contributed by atoms with Gasteiger partial charge in [-0.15, -0.1) is 0 Å². The number of hydrogen-bond donors (Lipinski definition) is 3. The predicted octanol–water partition coefficient (Wildman–Crippen LogP) is 3.21. The number of amides is 3. The number of nitrogens with two attached hydrogens (primary N) is 2. The molecule has 0 radical (unpaired) electrons. The topological polar surface area (TPSA) is 141 Å². The third kappa shape index (κ3) is 5.78. The summed E-state index contributed by atoms with van der Waals surface area (Å²) < 4.78 is 23.4. The summed E-state index contributed by atoms with van der Waals surface area (Å²) in [6, 6.07) is 11.4. The molecule has 1 aromatic heterocycles. The molecule has 1 saturated heterocycles. The number of aromatic nitrogens is 1.